The summed E-state index contributed by atoms with van der Waals surface area (Å²) in [7, 11) is -4.64. The molecule has 0 aromatic rings. The monoisotopic (exact) mass is 218 g/mol. The van der Waals surface area contributed by atoms with Gasteiger partial charge in [-0.25, -0.2) is 4.57 Å². The van der Waals surface area contributed by atoms with Gasteiger partial charge in [-0.15, -0.1) is 0 Å². The molecule has 0 aromatic carbocycles. The van der Waals surface area contributed by atoms with E-state index < -0.39 is 7.82 Å². The molecule has 0 aliphatic rings. The molecular weight excluding hydrogens is 212 g/mol. The van der Waals surface area contributed by atoms with E-state index in [-0.39, 0.29) is 59.6 Å². The maximum atomic E-state index is 8.88. The Labute approximate surface area is 95.6 Å². The molecule has 0 fully saturated rings. The molecule has 0 bridgehead atoms. The number of rotatable bonds is 0. The minimum absolute atomic E-state index is 0. The topological polar surface area (TPSA) is 118 Å². The van der Waals surface area contributed by atoms with Crippen molar-refractivity contribution in [3.8, 4) is 0 Å². The Morgan fingerprint density at radius 1 is 1.12 bits per heavy atom. The number of phosphoric acid groups is 1. The van der Waals surface area contributed by atoms with Gasteiger partial charge in [0, 0.05) is 0 Å². The van der Waals surface area contributed by atoms with Crippen molar-refractivity contribution in [1.82, 2.24) is 0 Å². The summed E-state index contributed by atoms with van der Waals surface area (Å²) in [5, 5.41) is 12.0. The van der Waals surface area contributed by atoms with Gasteiger partial charge in [-0.3, -0.25) is 10.5 Å². The summed E-state index contributed by atoms with van der Waals surface area (Å²) in [5.41, 5.74) is 0. The van der Waals surface area contributed by atoms with Gasteiger partial charge >= 0.3 is 66.0 Å². The molecule has 0 atom stereocenters. The standard InChI is InChI=1S/H3O4P.H2O2.Rb.H/c1-5(2,3)4;1-2;;/h(H3,1,2,3,4);1-2H;;/q;;+1;-1. The predicted molar refractivity (Wildman–Crippen MR) is 20.6 cm³/mol. The summed E-state index contributed by atoms with van der Waals surface area (Å²) in [6.07, 6.45) is 0. The Morgan fingerprint density at radius 3 is 1.12 bits per heavy atom. The molecule has 0 heterocycles. The third-order valence-electron chi connectivity index (χ3n) is 0. The Hall–Kier alpha value is 1.84. The van der Waals surface area contributed by atoms with Crippen molar-refractivity contribution in [3.05, 3.63) is 0 Å². The second kappa shape index (κ2) is 8.84. The van der Waals surface area contributed by atoms with Crippen LogP contribution >= 0.6 is 7.82 Å². The number of hydrogen-bond acceptors (Lipinski definition) is 3. The van der Waals surface area contributed by atoms with Crippen molar-refractivity contribution in [3.63, 3.8) is 0 Å². The molecule has 8 heteroatoms. The smallest absolute Gasteiger partial charge is 1.00 e. The van der Waals surface area contributed by atoms with Crippen LogP contribution in [0.2, 0.25) is 0 Å². The molecule has 0 aliphatic carbocycles. The van der Waals surface area contributed by atoms with Crippen LogP contribution in [0.4, 0.5) is 0 Å². The summed E-state index contributed by atoms with van der Waals surface area (Å²) in [4.78, 5) is 21.6. The summed E-state index contributed by atoms with van der Waals surface area (Å²) in [5.74, 6) is 0. The normalized spacial score (nSPS) is 8.12. The van der Waals surface area contributed by atoms with Crippen LogP contribution < -0.4 is 58.2 Å². The fourth-order valence-electron chi connectivity index (χ4n) is 0. The first kappa shape index (κ1) is 16.4. The fraction of sp³-hybridized carbons (Fsp3) is 0. The number of hydrogen-bond donors (Lipinski definition) is 5. The van der Waals surface area contributed by atoms with Gasteiger partial charge in [-0.1, -0.05) is 0 Å². The van der Waals surface area contributed by atoms with Crippen molar-refractivity contribution >= 4 is 7.82 Å². The van der Waals surface area contributed by atoms with Crippen molar-refractivity contribution in [2.45, 2.75) is 0 Å². The third-order valence-corrected chi connectivity index (χ3v) is 0. The van der Waals surface area contributed by atoms with Gasteiger partial charge in [0.25, 0.3) is 0 Å². The molecule has 8 heavy (non-hydrogen) atoms. The van der Waals surface area contributed by atoms with Crippen LogP contribution in [0.1, 0.15) is 1.43 Å². The Balaban J connectivity index is -0.0000000286. The summed E-state index contributed by atoms with van der Waals surface area (Å²) in [6.45, 7) is 0. The van der Waals surface area contributed by atoms with E-state index in [0.29, 0.717) is 0 Å². The predicted octanol–water partition coefficient (Wildman–Crippen LogP) is -3.79. The molecule has 48 valence electrons. The van der Waals surface area contributed by atoms with Crippen molar-refractivity contribution in [2.75, 3.05) is 0 Å². The molecule has 0 radical (unpaired) electrons. The van der Waals surface area contributed by atoms with Gasteiger partial charge in [0.2, 0.25) is 0 Å². The fourth-order valence-corrected chi connectivity index (χ4v) is 0. The van der Waals surface area contributed by atoms with Crippen molar-refractivity contribution in [2.24, 2.45) is 0 Å². The van der Waals surface area contributed by atoms with Crippen molar-refractivity contribution < 1.29 is 89.4 Å². The molecule has 0 saturated heterocycles. The first-order chi connectivity index (χ1) is 3.00. The quantitative estimate of drug-likeness (QED) is 0.162. The van der Waals surface area contributed by atoms with Crippen molar-refractivity contribution in [1.29, 1.82) is 0 Å². The van der Waals surface area contributed by atoms with Crippen LogP contribution in [0.15, 0.2) is 0 Å². The Bertz CT molecular complexity index is 59.2. The summed E-state index contributed by atoms with van der Waals surface area (Å²) < 4.78 is 8.88. The zero-order valence-corrected chi connectivity index (χ0v) is 9.90. The van der Waals surface area contributed by atoms with Gasteiger partial charge in [0.1, 0.15) is 0 Å². The van der Waals surface area contributed by atoms with E-state index in [1.165, 1.54) is 0 Å². The first-order valence-electron chi connectivity index (χ1n) is 0.983. The molecule has 0 spiro atoms. The first-order valence-corrected chi connectivity index (χ1v) is 2.55. The van der Waals surface area contributed by atoms with Gasteiger partial charge < -0.3 is 16.1 Å². The molecule has 0 unspecified atom stereocenters. The van der Waals surface area contributed by atoms with Crippen LogP contribution in [-0.4, -0.2) is 25.2 Å². The van der Waals surface area contributed by atoms with E-state index in [2.05, 4.69) is 0 Å². The molecule has 0 saturated carbocycles. The van der Waals surface area contributed by atoms with E-state index in [0.717, 1.165) is 0 Å². The summed E-state index contributed by atoms with van der Waals surface area (Å²) in [6, 6.07) is 0. The van der Waals surface area contributed by atoms with Crippen LogP contribution in [0, 0.1) is 0 Å². The van der Waals surface area contributed by atoms with E-state index in [4.69, 9.17) is 29.8 Å². The molecule has 0 amide bonds. The molecule has 6 nitrogen and oxygen atoms in total. The molecular formula is H6O6PRb. The zero-order chi connectivity index (χ0) is 6.50. The van der Waals surface area contributed by atoms with Crippen LogP contribution in [0.25, 0.3) is 0 Å². The van der Waals surface area contributed by atoms with Gasteiger partial charge in [0.15, 0.2) is 0 Å². The largest absolute Gasteiger partial charge is 1.00 e. The minimum atomic E-state index is -4.64. The SMILES string of the molecule is O=P(O)(O)O.OO.[H-].[Rb+]. The van der Waals surface area contributed by atoms with Crippen LogP contribution in [0.5, 0.6) is 0 Å². The summed E-state index contributed by atoms with van der Waals surface area (Å²) >= 11 is 0. The maximum absolute atomic E-state index is 8.88. The average molecular weight is 218 g/mol. The van der Waals surface area contributed by atoms with Gasteiger partial charge in [-0.05, 0) is 0 Å². The second-order valence-electron chi connectivity index (χ2n) is 0.513. The Morgan fingerprint density at radius 2 is 1.12 bits per heavy atom. The van der Waals surface area contributed by atoms with Crippen LogP contribution in [-0.2, 0) is 4.57 Å². The maximum Gasteiger partial charge on any atom is 1.00 e. The molecule has 5 N–H and O–H groups in total. The van der Waals surface area contributed by atoms with E-state index >= 15 is 0 Å². The van der Waals surface area contributed by atoms with E-state index in [1.807, 2.05) is 0 Å². The average Bonchev–Trinajstić information content (AvgIpc) is 1.36. The third kappa shape index (κ3) is 109. The minimum Gasteiger partial charge on any atom is -1.00 e. The van der Waals surface area contributed by atoms with Gasteiger partial charge in [0.05, 0.1) is 0 Å². The van der Waals surface area contributed by atoms with Gasteiger partial charge in [-0.2, -0.15) is 0 Å². The van der Waals surface area contributed by atoms with E-state index in [9.17, 15) is 0 Å². The second-order valence-corrected chi connectivity index (χ2v) is 1.54. The zero-order valence-electron chi connectivity index (χ0n) is 5.09. The molecule has 0 rings (SSSR count). The van der Waals surface area contributed by atoms with Crippen LogP contribution in [0.3, 0.4) is 0 Å². The van der Waals surface area contributed by atoms with E-state index in [1.54, 1.807) is 0 Å². The molecule has 0 aliphatic heterocycles. The molecule has 0 aromatic heterocycles. The Kier molecular flexibility index (Phi) is 18.1.